The second-order valence-electron chi connectivity index (χ2n) is 6.37. The van der Waals surface area contributed by atoms with E-state index in [1.165, 1.54) is 13.0 Å². The van der Waals surface area contributed by atoms with Gasteiger partial charge in [0.2, 0.25) is 0 Å². The van der Waals surface area contributed by atoms with Gasteiger partial charge in [-0.25, -0.2) is 9.59 Å². The van der Waals surface area contributed by atoms with Crippen molar-refractivity contribution in [2.24, 2.45) is 0 Å². The Labute approximate surface area is 171 Å². The highest BCUT2D eigenvalue weighted by Gasteiger charge is 2.33. The minimum absolute atomic E-state index is 0.0408. The molecule has 10 nitrogen and oxygen atoms in total. The molecule has 156 valence electrons. The number of aromatic hydroxyl groups is 1. The SMILES string of the molecule is CC1=C(C(=O)OCCOc2ccccc2)[C@H](c2ccc(O)c([N+](=O)[O-])c2)NC(=O)N1. The lowest BCUT2D eigenvalue weighted by atomic mass is 9.95. The van der Waals surface area contributed by atoms with E-state index in [1.54, 1.807) is 12.1 Å². The van der Waals surface area contributed by atoms with E-state index in [1.807, 2.05) is 18.2 Å². The van der Waals surface area contributed by atoms with Gasteiger partial charge in [-0.1, -0.05) is 24.3 Å². The summed E-state index contributed by atoms with van der Waals surface area (Å²) in [6, 6.07) is 11.1. The van der Waals surface area contributed by atoms with Gasteiger partial charge in [0, 0.05) is 11.8 Å². The summed E-state index contributed by atoms with van der Waals surface area (Å²) in [7, 11) is 0. The Kier molecular flexibility index (Phi) is 6.16. The van der Waals surface area contributed by atoms with Gasteiger partial charge in [-0.05, 0) is 30.7 Å². The van der Waals surface area contributed by atoms with Gasteiger partial charge in [0.25, 0.3) is 0 Å². The molecule has 3 N–H and O–H groups in total. The van der Waals surface area contributed by atoms with Crippen LogP contribution in [0.2, 0.25) is 0 Å². The van der Waals surface area contributed by atoms with Crippen LogP contribution < -0.4 is 15.4 Å². The van der Waals surface area contributed by atoms with E-state index < -0.39 is 34.4 Å². The van der Waals surface area contributed by atoms with Crippen LogP contribution in [0.1, 0.15) is 18.5 Å². The van der Waals surface area contributed by atoms with E-state index in [0.29, 0.717) is 5.75 Å². The van der Waals surface area contributed by atoms with Crippen molar-refractivity contribution in [3.63, 3.8) is 0 Å². The number of nitrogens with zero attached hydrogens (tertiary/aromatic N) is 1. The number of benzene rings is 2. The molecule has 2 amide bonds. The first-order valence-corrected chi connectivity index (χ1v) is 8.97. The molecule has 1 aliphatic rings. The van der Waals surface area contributed by atoms with Gasteiger partial charge in [-0.15, -0.1) is 0 Å². The summed E-state index contributed by atoms with van der Waals surface area (Å²) >= 11 is 0. The molecule has 0 unspecified atom stereocenters. The molecule has 3 rings (SSSR count). The van der Waals surface area contributed by atoms with E-state index in [4.69, 9.17) is 9.47 Å². The fourth-order valence-corrected chi connectivity index (χ4v) is 2.97. The predicted octanol–water partition coefficient (Wildman–Crippen LogP) is 2.55. The molecule has 10 heteroatoms. The maximum absolute atomic E-state index is 12.7. The number of nitro groups is 1. The van der Waals surface area contributed by atoms with Gasteiger partial charge >= 0.3 is 17.7 Å². The van der Waals surface area contributed by atoms with Crippen molar-refractivity contribution in [1.82, 2.24) is 10.6 Å². The number of carbonyl (C=O) groups is 2. The number of nitrogens with one attached hydrogen (secondary N) is 2. The third-order valence-electron chi connectivity index (χ3n) is 4.35. The van der Waals surface area contributed by atoms with Gasteiger partial charge in [0.1, 0.15) is 19.0 Å². The van der Waals surface area contributed by atoms with E-state index in [-0.39, 0.29) is 30.0 Å². The fraction of sp³-hybridized carbons (Fsp3) is 0.200. The third kappa shape index (κ3) is 4.66. The normalized spacial score (nSPS) is 15.8. The van der Waals surface area contributed by atoms with Crippen LogP contribution in [0.15, 0.2) is 59.8 Å². The number of amides is 2. The molecule has 1 aliphatic heterocycles. The van der Waals surface area contributed by atoms with Crippen LogP contribution in [0.3, 0.4) is 0 Å². The highest BCUT2D eigenvalue weighted by atomic mass is 16.6. The number of phenols is 1. The molecule has 0 fully saturated rings. The number of para-hydroxylation sites is 1. The lowest BCUT2D eigenvalue weighted by Gasteiger charge is -2.28. The van der Waals surface area contributed by atoms with Crippen molar-refractivity contribution in [3.05, 3.63) is 75.5 Å². The van der Waals surface area contributed by atoms with Crippen molar-refractivity contribution in [2.75, 3.05) is 13.2 Å². The molecular formula is C20H19N3O7. The molecule has 1 atom stereocenters. The number of urea groups is 1. The highest BCUT2D eigenvalue weighted by molar-refractivity contribution is 5.95. The first-order chi connectivity index (χ1) is 14.4. The quantitative estimate of drug-likeness (QED) is 0.274. The monoisotopic (exact) mass is 413 g/mol. The van der Waals surface area contributed by atoms with Crippen LogP contribution in [-0.4, -0.2) is 35.2 Å². The van der Waals surface area contributed by atoms with Gasteiger partial charge in [-0.3, -0.25) is 10.1 Å². The number of ether oxygens (including phenoxy) is 2. The predicted molar refractivity (Wildman–Crippen MR) is 105 cm³/mol. The Hall–Kier alpha value is -4.08. The van der Waals surface area contributed by atoms with Gasteiger partial charge in [-0.2, -0.15) is 0 Å². The molecule has 0 radical (unpaired) electrons. The Morgan fingerprint density at radius 1 is 1.20 bits per heavy atom. The first kappa shape index (κ1) is 20.6. The van der Waals surface area contributed by atoms with Crippen LogP contribution >= 0.6 is 0 Å². The van der Waals surface area contributed by atoms with Crippen LogP contribution in [0.4, 0.5) is 10.5 Å². The van der Waals surface area contributed by atoms with E-state index in [9.17, 15) is 24.8 Å². The Balaban J connectivity index is 1.75. The van der Waals surface area contributed by atoms with Crippen molar-refractivity contribution < 1.29 is 29.1 Å². The van der Waals surface area contributed by atoms with Crippen molar-refractivity contribution in [3.8, 4) is 11.5 Å². The van der Waals surface area contributed by atoms with Crippen LogP contribution in [0.5, 0.6) is 11.5 Å². The summed E-state index contributed by atoms with van der Waals surface area (Å²) in [5.74, 6) is -0.603. The molecule has 30 heavy (non-hydrogen) atoms. The third-order valence-corrected chi connectivity index (χ3v) is 4.35. The fourth-order valence-electron chi connectivity index (χ4n) is 2.97. The number of carbonyl (C=O) groups excluding carboxylic acids is 2. The zero-order chi connectivity index (χ0) is 21.7. The topological polar surface area (TPSA) is 140 Å². The number of hydrogen-bond donors (Lipinski definition) is 3. The number of allylic oxidation sites excluding steroid dienone is 1. The van der Waals surface area contributed by atoms with E-state index in [2.05, 4.69) is 10.6 Å². The minimum Gasteiger partial charge on any atom is -0.502 e. The Bertz CT molecular complexity index is 1000. The number of hydrogen-bond acceptors (Lipinski definition) is 7. The molecule has 2 aromatic rings. The van der Waals surface area contributed by atoms with Crippen molar-refractivity contribution in [1.29, 1.82) is 0 Å². The smallest absolute Gasteiger partial charge is 0.338 e. The molecule has 0 saturated heterocycles. The Morgan fingerprint density at radius 3 is 2.63 bits per heavy atom. The molecule has 0 spiro atoms. The number of phenolic OH excluding ortho intramolecular Hbond substituents is 1. The van der Waals surface area contributed by atoms with E-state index >= 15 is 0 Å². The number of esters is 1. The van der Waals surface area contributed by atoms with Crippen molar-refractivity contribution in [2.45, 2.75) is 13.0 Å². The standard InChI is InChI=1S/C20H19N3O7/c1-12-17(19(25)30-10-9-29-14-5-3-2-4-6-14)18(22-20(26)21-12)13-7-8-16(24)15(11-13)23(27)28/h2-8,11,18,24H,9-10H2,1H3,(H2,21,22,26)/t18-/m0/s1. The molecule has 0 saturated carbocycles. The molecule has 2 aromatic carbocycles. The van der Waals surface area contributed by atoms with Crippen LogP contribution in [0, 0.1) is 10.1 Å². The maximum Gasteiger partial charge on any atom is 0.338 e. The highest BCUT2D eigenvalue weighted by Crippen LogP contribution is 2.33. The first-order valence-electron chi connectivity index (χ1n) is 8.97. The average Bonchev–Trinajstić information content (AvgIpc) is 2.71. The number of nitro benzene ring substituents is 1. The summed E-state index contributed by atoms with van der Waals surface area (Å²) in [6.45, 7) is 1.61. The zero-order valence-corrected chi connectivity index (χ0v) is 16.0. The summed E-state index contributed by atoms with van der Waals surface area (Å²) in [5, 5.41) is 25.8. The lowest BCUT2D eigenvalue weighted by molar-refractivity contribution is -0.385. The van der Waals surface area contributed by atoms with Crippen molar-refractivity contribution >= 4 is 17.7 Å². The lowest BCUT2D eigenvalue weighted by Crippen LogP contribution is -2.45. The summed E-state index contributed by atoms with van der Waals surface area (Å²) < 4.78 is 10.7. The second kappa shape index (κ2) is 8.95. The average molecular weight is 413 g/mol. The molecule has 0 bridgehead atoms. The molecule has 0 aliphatic carbocycles. The number of rotatable bonds is 7. The zero-order valence-electron chi connectivity index (χ0n) is 16.0. The van der Waals surface area contributed by atoms with E-state index in [0.717, 1.165) is 12.1 Å². The van der Waals surface area contributed by atoms with Gasteiger partial charge in [0.05, 0.1) is 16.5 Å². The molecule has 1 heterocycles. The van der Waals surface area contributed by atoms with Crippen LogP contribution in [0.25, 0.3) is 0 Å². The summed E-state index contributed by atoms with van der Waals surface area (Å²) in [6.07, 6.45) is 0. The minimum atomic E-state index is -0.986. The molecular weight excluding hydrogens is 394 g/mol. The maximum atomic E-state index is 12.7. The summed E-state index contributed by atoms with van der Waals surface area (Å²) in [4.78, 5) is 35.0. The van der Waals surface area contributed by atoms with Crippen LogP contribution in [-0.2, 0) is 9.53 Å². The second-order valence-corrected chi connectivity index (χ2v) is 6.37. The van der Waals surface area contributed by atoms with Gasteiger partial charge < -0.3 is 25.2 Å². The Morgan fingerprint density at radius 2 is 1.93 bits per heavy atom. The summed E-state index contributed by atoms with van der Waals surface area (Å²) in [5.41, 5.74) is 0.0610. The van der Waals surface area contributed by atoms with Gasteiger partial charge in [0.15, 0.2) is 5.75 Å². The largest absolute Gasteiger partial charge is 0.502 e. The molecule has 0 aromatic heterocycles.